The van der Waals surface area contributed by atoms with Gasteiger partial charge in [-0.2, -0.15) is 0 Å². The van der Waals surface area contributed by atoms with Crippen molar-refractivity contribution in [1.82, 2.24) is 9.97 Å². The molecule has 23 heavy (non-hydrogen) atoms. The van der Waals surface area contributed by atoms with E-state index in [1.165, 1.54) is 16.7 Å². The third-order valence-corrected chi connectivity index (χ3v) is 4.62. The third kappa shape index (κ3) is 2.87. The molecule has 0 bridgehead atoms. The maximum Gasteiger partial charge on any atom is 0.223 e. The van der Waals surface area contributed by atoms with E-state index in [-0.39, 0.29) is 0 Å². The number of hydrogen-bond acceptors (Lipinski definition) is 2. The Morgan fingerprint density at radius 1 is 0.826 bits per heavy atom. The van der Waals surface area contributed by atoms with Crippen LogP contribution in [-0.4, -0.2) is 9.97 Å². The summed E-state index contributed by atoms with van der Waals surface area (Å²) >= 11 is 6.11. The number of rotatable bonds is 2. The van der Waals surface area contributed by atoms with E-state index in [1.807, 2.05) is 18.2 Å². The molecule has 0 atom stereocenters. The van der Waals surface area contributed by atoms with E-state index in [1.54, 1.807) is 0 Å². The van der Waals surface area contributed by atoms with E-state index < -0.39 is 0 Å². The van der Waals surface area contributed by atoms with Gasteiger partial charge in [0.05, 0.1) is 11.2 Å². The normalized spacial score (nSPS) is 17.7. The number of halogens is 1. The Kier molecular flexibility index (Phi) is 3.84. The van der Waals surface area contributed by atoms with Crippen molar-refractivity contribution in [3.63, 3.8) is 0 Å². The molecule has 114 valence electrons. The number of fused-ring (bicyclic) bond motifs is 1. The van der Waals surface area contributed by atoms with Crippen LogP contribution in [0.15, 0.2) is 65.8 Å². The molecule has 0 N–H and O–H groups in total. The first kappa shape index (κ1) is 14.4. The lowest BCUT2D eigenvalue weighted by atomic mass is 9.88. The molecule has 0 unspecified atom stereocenters. The van der Waals surface area contributed by atoms with Crippen LogP contribution in [0.2, 0.25) is 5.28 Å². The molecule has 0 fully saturated rings. The first-order valence-electron chi connectivity index (χ1n) is 8.00. The molecule has 0 saturated heterocycles. The van der Waals surface area contributed by atoms with Crippen LogP contribution in [0.1, 0.15) is 31.4 Å². The van der Waals surface area contributed by atoms with Crippen molar-refractivity contribution in [3.8, 4) is 0 Å². The number of hydrogen-bond donors (Lipinski definition) is 0. The molecule has 0 spiro atoms. The largest absolute Gasteiger partial charge is 0.223 e. The van der Waals surface area contributed by atoms with Crippen LogP contribution >= 0.6 is 11.6 Å². The Morgan fingerprint density at radius 2 is 1.61 bits per heavy atom. The average Bonchev–Trinajstić information content (AvgIpc) is 2.62. The highest BCUT2D eigenvalue weighted by atomic mass is 35.5. The zero-order valence-corrected chi connectivity index (χ0v) is 13.6. The van der Waals surface area contributed by atoms with E-state index in [0.717, 1.165) is 42.3 Å². The molecule has 2 aromatic rings. The lowest BCUT2D eigenvalue weighted by molar-refractivity contribution is 0.903. The second-order valence-corrected chi connectivity index (χ2v) is 6.24. The first-order chi connectivity index (χ1) is 11.3. The fourth-order valence-electron chi connectivity index (χ4n) is 3.27. The maximum absolute atomic E-state index is 6.11. The number of aromatic nitrogens is 2. The molecular weight excluding hydrogens is 304 g/mol. The van der Waals surface area contributed by atoms with Crippen LogP contribution in [-0.2, 0) is 0 Å². The molecule has 2 aliphatic rings. The summed E-state index contributed by atoms with van der Waals surface area (Å²) in [5.74, 6) is 0. The molecule has 3 heteroatoms. The molecule has 1 aromatic carbocycles. The van der Waals surface area contributed by atoms with Gasteiger partial charge in [-0.25, -0.2) is 9.97 Å². The minimum atomic E-state index is 0.314. The Hall–Kier alpha value is -2.19. The zero-order chi connectivity index (χ0) is 15.6. The van der Waals surface area contributed by atoms with Gasteiger partial charge in [0.1, 0.15) is 0 Å². The van der Waals surface area contributed by atoms with Crippen molar-refractivity contribution in [2.24, 2.45) is 0 Å². The van der Waals surface area contributed by atoms with Gasteiger partial charge in [-0.1, -0.05) is 48.6 Å². The molecule has 4 rings (SSSR count). The first-order valence-corrected chi connectivity index (χ1v) is 8.37. The smallest absolute Gasteiger partial charge is 0.218 e. The van der Waals surface area contributed by atoms with Crippen molar-refractivity contribution >= 4 is 28.1 Å². The SMILES string of the molecule is Clc1nc(C2=CC=C(C3=CC=CCC3)CC2)c2ccccc2n1. The van der Waals surface area contributed by atoms with Gasteiger partial charge in [0, 0.05) is 5.39 Å². The molecule has 1 heterocycles. The summed E-state index contributed by atoms with van der Waals surface area (Å²) in [6.45, 7) is 0. The highest BCUT2D eigenvalue weighted by Gasteiger charge is 2.16. The van der Waals surface area contributed by atoms with Crippen LogP contribution in [0.25, 0.3) is 16.5 Å². The van der Waals surface area contributed by atoms with Crippen LogP contribution in [0, 0.1) is 0 Å². The summed E-state index contributed by atoms with van der Waals surface area (Å²) in [5.41, 5.74) is 6.02. The third-order valence-electron chi connectivity index (χ3n) is 4.46. The van der Waals surface area contributed by atoms with Crippen LogP contribution < -0.4 is 0 Å². The van der Waals surface area contributed by atoms with Gasteiger partial charge in [-0.05, 0) is 60.1 Å². The van der Waals surface area contributed by atoms with Gasteiger partial charge in [0.15, 0.2) is 0 Å². The van der Waals surface area contributed by atoms with Gasteiger partial charge < -0.3 is 0 Å². The Balaban J connectivity index is 1.75. The molecule has 0 amide bonds. The van der Waals surface area contributed by atoms with E-state index in [2.05, 4.69) is 46.4 Å². The summed E-state index contributed by atoms with van der Waals surface area (Å²) in [6.07, 6.45) is 15.4. The predicted molar refractivity (Wildman–Crippen MR) is 96.3 cm³/mol. The molecule has 1 aromatic heterocycles. The predicted octanol–water partition coefficient (Wildman–Crippen LogP) is 5.66. The molecule has 2 aliphatic carbocycles. The molecular formula is C20H17ClN2. The molecule has 0 saturated carbocycles. The second kappa shape index (κ2) is 6.13. The van der Waals surface area contributed by atoms with Gasteiger partial charge in [-0.3, -0.25) is 0 Å². The lowest BCUT2D eigenvalue weighted by Crippen LogP contribution is -2.01. The fourth-order valence-corrected chi connectivity index (χ4v) is 3.44. The van der Waals surface area contributed by atoms with Gasteiger partial charge in [0.25, 0.3) is 0 Å². The summed E-state index contributed by atoms with van der Waals surface area (Å²) in [7, 11) is 0. The van der Waals surface area contributed by atoms with E-state index in [0.29, 0.717) is 5.28 Å². The Bertz CT molecular complexity index is 888. The molecule has 0 radical (unpaired) electrons. The van der Waals surface area contributed by atoms with Crippen molar-refractivity contribution in [3.05, 3.63) is 76.8 Å². The van der Waals surface area contributed by atoms with Crippen molar-refractivity contribution in [1.29, 1.82) is 0 Å². The second-order valence-electron chi connectivity index (χ2n) is 5.90. The topological polar surface area (TPSA) is 25.8 Å². The van der Waals surface area contributed by atoms with Gasteiger partial charge in [-0.15, -0.1) is 0 Å². The summed E-state index contributed by atoms with van der Waals surface area (Å²) < 4.78 is 0. The van der Waals surface area contributed by atoms with E-state index >= 15 is 0 Å². The number of benzene rings is 1. The van der Waals surface area contributed by atoms with Crippen molar-refractivity contribution in [2.75, 3.05) is 0 Å². The number of para-hydroxylation sites is 1. The maximum atomic E-state index is 6.11. The summed E-state index contributed by atoms with van der Waals surface area (Å²) in [6, 6.07) is 8.05. The Labute approximate surface area is 140 Å². The van der Waals surface area contributed by atoms with Gasteiger partial charge in [0.2, 0.25) is 5.28 Å². The fraction of sp³-hybridized carbons (Fsp3) is 0.200. The van der Waals surface area contributed by atoms with Crippen molar-refractivity contribution < 1.29 is 0 Å². The quantitative estimate of drug-likeness (QED) is 0.667. The molecule has 2 nitrogen and oxygen atoms in total. The highest BCUT2D eigenvalue weighted by Crippen LogP contribution is 2.34. The van der Waals surface area contributed by atoms with E-state index in [4.69, 9.17) is 11.6 Å². The summed E-state index contributed by atoms with van der Waals surface area (Å²) in [5, 5.41) is 1.38. The van der Waals surface area contributed by atoms with Crippen molar-refractivity contribution in [2.45, 2.75) is 25.7 Å². The standard InChI is InChI=1S/C20H17ClN2/c21-20-22-18-9-5-4-8-17(18)19(23-20)16-12-10-15(11-13-16)14-6-2-1-3-7-14/h1-2,4-6,8-10,12H,3,7,11,13H2. The van der Waals surface area contributed by atoms with E-state index in [9.17, 15) is 0 Å². The van der Waals surface area contributed by atoms with Crippen LogP contribution in [0.5, 0.6) is 0 Å². The monoisotopic (exact) mass is 320 g/mol. The van der Waals surface area contributed by atoms with Crippen LogP contribution in [0.3, 0.4) is 0 Å². The lowest BCUT2D eigenvalue weighted by Gasteiger charge is -2.19. The molecule has 0 aliphatic heterocycles. The number of nitrogens with zero attached hydrogens (tertiary/aromatic N) is 2. The highest BCUT2D eigenvalue weighted by molar-refractivity contribution is 6.28. The van der Waals surface area contributed by atoms with Gasteiger partial charge >= 0.3 is 0 Å². The summed E-state index contributed by atoms with van der Waals surface area (Å²) in [4.78, 5) is 8.81. The number of allylic oxidation sites excluding steroid dienone is 8. The minimum Gasteiger partial charge on any atom is -0.218 e. The van der Waals surface area contributed by atoms with Crippen LogP contribution in [0.4, 0.5) is 0 Å². The zero-order valence-electron chi connectivity index (χ0n) is 12.8. The minimum absolute atomic E-state index is 0.314. The average molecular weight is 321 g/mol. The Morgan fingerprint density at radius 3 is 2.39 bits per heavy atom.